The number of amides is 1. The van der Waals surface area contributed by atoms with Crippen molar-refractivity contribution in [2.24, 2.45) is 5.73 Å². The highest BCUT2D eigenvalue weighted by molar-refractivity contribution is 7.90. The molecule has 1 aliphatic rings. The third-order valence-electron chi connectivity index (χ3n) is 7.48. The van der Waals surface area contributed by atoms with Crippen LogP contribution in [0.5, 0.6) is 0 Å². The fraction of sp³-hybridized carbons (Fsp3) is 0.188. The van der Waals surface area contributed by atoms with Gasteiger partial charge in [-0.3, -0.25) is 4.79 Å². The molecule has 0 saturated carbocycles. The molecule has 208 valence electrons. The molecule has 2 N–H and O–H groups in total. The largest absolute Gasteiger partial charge is 0.377 e. The van der Waals surface area contributed by atoms with Crippen LogP contribution in [0, 0.1) is 6.92 Å². The number of primary amides is 1. The molecule has 0 bridgehead atoms. The van der Waals surface area contributed by atoms with Crippen molar-refractivity contribution < 1.29 is 17.9 Å². The van der Waals surface area contributed by atoms with E-state index in [1.54, 1.807) is 22.9 Å². The second kappa shape index (κ2) is 10.5. The number of hydrogen-bond acceptors (Lipinski definition) is 5. The predicted octanol–water partition coefficient (Wildman–Crippen LogP) is 5.16. The number of fused-ring (bicyclic) bond motifs is 1. The predicted molar refractivity (Wildman–Crippen MR) is 160 cm³/mol. The number of ether oxygens (including phenoxy) is 1. The lowest BCUT2D eigenvalue weighted by molar-refractivity contribution is 0.0995. The number of aryl methyl sites for hydroxylation is 1. The Morgan fingerprint density at radius 2 is 1.71 bits per heavy atom. The first kappa shape index (κ1) is 26.7. The smallest absolute Gasteiger partial charge is 0.269 e. The summed E-state index contributed by atoms with van der Waals surface area (Å²) in [6.07, 6.45) is 6.39. The molecule has 1 amide bonds. The SMILES string of the molecule is Cc1cc(C(N)=O)nn1-c1ccc2c(c1)c(C1=CCOCC1)cn2Cc1ccc(-c2ccc(S(C)(=O)=O)cc2)cc1. The van der Waals surface area contributed by atoms with Crippen molar-refractivity contribution in [1.29, 1.82) is 0 Å². The summed E-state index contributed by atoms with van der Waals surface area (Å²) < 4.78 is 33.2. The summed E-state index contributed by atoms with van der Waals surface area (Å²) in [5.74, 6) is -0.552. The summed E-state index contributed by atoms with van der Waals surface area (Å²) >= 11 is 0. The van der Waals surface area contributed by atoms with Gasteiger partial charge in [0, 0.05) is 41.2 Å². The minimum atomic E-state index is -3.23. The fourth-order valence-corrected chi connectivity index (χ4v) is 5.96. The lowest BCUT2D eigenvalue weighted by Crippen LogP contribution is -2.12. The molecular weight excluding hydrogens is 536 g/mol. The third kappa shape index (κ3) is 5.33. The number of aromatic nitrogens is 3. The number of nitrogens with zero attached hydrogens (tertiary/aromatic N) is 3. The average molecular weight is 567 g/mol. The summed E-state index contributed by atoms with van der Waals surface area (Å²) in [5.41, 5.74) is 14.0. The highest BCUT2D eigenvalue weighted by atomic mass is 32.2. The monoisotopic (exact) mass is 566 g/mol. The zero-order valence-electron chi connectivity index (χ0n) is 22.9. The number of nitrogens with two attached hydrogens (primary N) is 1. The molecule has 5 aromatic rings. The van der Waals surface area contributed by atoms with Gasteiger partial charge in [0.15, 0.2) is 15.5 Å². The number of sulfone groups is 1. The van der Waals surface area contributed by atoms with Crippen LogP contribution in [0.15, 0.2) is 90.0 Å². The normalized spacial score (nSPS) is 13.9. The first-order valence-electron chi connectivity index (χ1n) is 13.3. The molecule has 3 heterocycles. The van der Waals surface area contributed by atoms with Gasteiger partial charge in [-0.1, -0.05) is 42.5 Å². The molecule has 9 heteroatoms. The van der Waals surface area contributed by atoms with Crippen molar-refractivity contribution in [3.8, 4) is 16.8 Å². The van der Waals surface area contributed by atoms with Crippen LogP contribution in [-0.4, -0.2) is 48.1 Å². The number of benzene rings is 3. The van der Waals surface area contributed by atoms with E-state index in [2.05, 4.69) is 58.3 Å². The molecule has 41 heavy (non-hydrogen) atoms. The molecule has 0 radical (unpaired) electrons. The van der Waals surface area contributed by atoms with Gasteiger partial charge < -0.3 is 15.0 Å². The highest BCUT2D eigenvalue weighted by Gasteiger charge is 2.17. The second-order valence-electron chi connectivity index (χ2n) is 10.4. The minimum absolute atomic E-state index is 0.238. The first-order chi connectivity index (χ1) is 19.7. The van der Waals surface area contributed by atoms with E-state index >= 15 is 0 Å². The van der Waals surface area contributed by atoms with Gasteiger partial charge in [0.1, 0.15) is 0 Å². The molecule has 0 aliphatic carbocycles. The molecule has 6 rings (SSSR count). The minimum Gasteiger partial charge on any atom is -0.377 e. The maximum Gasteiger partial charge on any atom is 0.269 e. The van der Waals surface area contributed by atoms with E-state index in [4.69, 9.17) is 10.5 Å². The Morgan fingerprint density at radius 3 is 2.32 bits per heavy atom. The molecule has 2 aromatic heterocycles. The van der Waals surface area contributed by atoms with Crippen LogP contribution in [0.1, 0.15) is 33.7 Å². The fourth-order valence-electron chi connectivity index (χ4n) is 5.33. The number of hydrogen-bond donors (Lipinski definition) is 1. The van der Waals surface area contributed by atoms with Crippen LogP contribution in [0.25, 0.3) is 33.3 Å². The maximum absolute atomic E-state index is 11.8. The first-order valence-corrected chi connectivity index (χ1v) is 15.2. The molecule has 8 nitrogen and oxygen atoms in total. The lowest BCUT2D eigenvalue weighted by Gasteiger charge is -2.13. The summed E-state index contributed by atoms with van der Waals surface area (Å²) in [5, 5.41) is 5.53. The van der Waals surface area contributed by atoms with Crippen molar-refractivity contribution in [1.82, 2.24) is 14.3 Å². The van der Waals surface area contributed by atoms with Crippen LogP contribution in [0.2, 0.25) is 0 Å². The van der Waals surface area contributed by atoms with Crippen molar-refractivity contribution >= 4 is 32.2 Å². The van der Waals surface area contributed by atoms with Crippen LogP contribution < -0.4 is 5.73 Å². The Kier molecular flexibility index (Phi) is 6.84. The molecule has 0 saturated heterocycles. The van der Waals surface area contributed by atoms with Crippen molar-refractivity contribution in [2.75, 3.05) is 19.5 Å². The van der Waals surface area contributed by atoms with Crippen molar-refractivity contribution in [3.63, 3.8) is 0 Å². The molecule has 0 fully saturated rings. The highest BCUT2D eigenvalue weighted by Crippen LogP contribution is 2.33. The topological polar surface area (TPSA) is 109 Å². The van der Waals surface area contributed by atoms with Crippen molar-refractivity contribution in [2.45, 2.75) is 24.8 Å². The quantitative estimate of drug-likeness (QED) is 0.293. The van der Waals surface area contributed by atoms with E-state index in [0.29, 0.717) is 24.7 Å². The van der Waals surface area contributed by atoms with Gasteiger partial charge in [0.2, 0.25) is 0 Å². The molecule has 0 unspecified atom stereocenters. The van der Waals surface area contributed by atoms with E-state index in [9.17, 15) is 13.2 Å². The summed E-state index contributed by atoms with van der Waals surface area (Å²) in [6, 6.07) is 23.2. The van der Waals surface area contributed by atoms with E-state index < -0.39 is 15.7 Å². The summed E-state index contributed by atoms with van der Waals surface area (Å²) in [6.45, 7) is 3.86. The third-order valence-corrected chi connectivity index (χ3v) is 8.61. The van der Waals surface area contributed by atoms with Gasteiger partial charge in [-0.2, -0.15) is 5.10 Å². The van der Waals surface area contributed by atoms with Crippen LogP contribution in [0.4, 0.5) is 0 Å². The Hall–Kier alpha value is -4.47. The number of carbonyl (C=O) groups is 1. The van der Waals surface area contributed by atoms with Gasteiger partial charge in [-0.05, 0) is 72.0 Å². The summed E-state index contributed by atoms with van der Waals surface area (Å²) in [4.78, 5) is 12.0. The molecule has 3 aromatic carbocycles. The van der Waals surface area contributed by atoms with Gasteiger partial charge in [-0.15, -0.1) is 0 Å². The van der Waals surface area contributed by atoms with Gasteiger partial charge >= 0.3 is 0 Å². The zero-order valence-corrected chi connectivity index (χ0v) is 23.7. The van der Waals surface area contributed by atoms with E-state index in [1.165, 1.54) is 11.8 Å². The molecule has 1 aliphatic heterocycles. The Balaban J connectivity index is 1.35. The Morgan fingerprint density at radius 1 is 1.00 bits per heavy atom. The second-order valence-corrected chi connectivity index (χ2v) is 12.4. The average Bonchev–Trinajstić information content (AvgIpc) is 3.54. The van der Waals surface area contributed by atoms with Crippen LogP contribution >= 0.6 is 0 Å². The number of carbonyl (C=O) groups excluding carboxylic acids is 1. The van der Waals surface area contributed by atoms with Gasteiger partial charge in [0.05, 0.1) is 23.8 Å². The maximum atomic E-state index is 11.8. The van der Waals surface area contributed by atoms with Crippen LogP contribution in [0.3, 0.4) is 0 Å². The Labute approximate surface area is 238 Å². The van der Waals surface area contributed by atoms with Gasteiger partial charge in [0.25, 0.3) is 5.91 Å². The van der Waals surface area contributed by atoms with Crippen LogP contribution in [-0.2, 0) is 21.1 Å². The number of rotatable bonds is 7. The lowest BCUT2D eigenvalue weighted by atomic mass is 10.0. The summed E-state index contributed by atoms with van der Waals surface area (Å²) in [7, 11) is -3.23. The molecule has 0 spiro atoms. The van der Waals surface area contributed by atoms with E-state index in [0.717, 1.165) is 51.0 Å². The van der Waals surface area contributed by atoms with Gasteiger partial charge in [-0.25, -0.2) is 13.1 Å². The zero-order chi connectivity index (χ0) is 28.7. The van der Waals surface area contributed by atoms with E-state index in [1.807, 2.05) is 25.1 Å². The standard InChI is InChI=1S/C32H30N4O4S/c1-21-17-30(32(33)37)34-36(21)26-9-12-31-28(18-26)29(25-13-15-40-16-14-25)20-35(31)19-22-3-5-23(6-4-22)24-7-10-27(11-8-24)41(2,38)39/h3-13,17-18,20H,14-16,19H2,1-2H3,(H2,33,37). The molecule has 0 atom stereocenters. The van der Waals surface area contributed by atoms with E-state index in [-0.39, 0.29) is 5.69 Å². The van der Waals surface area contributed by atoms with Crippen molar-refractivity contribution in [3.05, 3.63) is 108 Å². The molecular formula is C32H30N4O4S. The Bertz CT molecular complexity index is 1920.